The van der Waals surface area contributed by atoms with Crippen molar-refractivity contribution < 1.29 is 9.53 Å². The first kappa shape index (κ1) is 10.9. The fraction of sp³-hybridized carbons (Fsp3) is 0.235. The molecule has 0 N–H and O–H groups in total. The Hall–Kier alpha value is -1.93. The summed E-state index contributed by atoms with van der Waals surface area (Å²) in [4.78, 5) is 12.5. The van der Waals surface area contributed by atoms with Gasteiger partial charge in [-0.05, 0) is 18.1 Å². The predicted octanol–water partition coefficient (Wildman–Crippen LogP) is 3.24. The number of aryl methyl sites for hydroxylation is 1. The van der Waals surface area contributed by atoms with Crippen LogP contribution in [-0.4, -0.2) is 11.4 Å². The molecule has 19 heavy (non-hydrogen) atoms. The minimum atomic E-state index is -0.612. The average molecular weight is 250 g/mol. The second-order valence-corrected chi connectivity index (χ2v) is 5.46. The summed E-state index contributed by atoms with van der Waals surface area (Å²) in [5.74, 6) is 0.147. The lowest BCUT2D eigenvalue weighted by Crippen LogP contribution is -2.20. The maximum Gasteiger partial charge on any atom is 0.198 e. The molecule has 1 fully saturated rings. The van der Waals surface area contributed by atoms with Crippen LogP contribution in [-0.2, 0) is 11.2 Å². The van der Waals surface area contributed by atoms with Crippen LogP contribution in [0.3, 0.4) is 0 Å². The summed E-state index contributed by atoms with van der Waals surface area (Å²) < 4.78 is 5.84. The zero-order valence-electron chi connectivity index (χ0n) is 10.7. The van der Waals surface area contributed by atoms with Crippen LogP contribution in [0.25, 0.3) is 0 Å². The molecule has 2 aromatic carbocycles. The number of epoxide rings is 1. The Morgan fingerprint density at radius 2 is 1.84 bits per heavy atom. The van der Waals surface area contributed by atoms with Gasteiger partial charge >= 0.3 is 0 Å². The number of fused-ring (bicyclic) bond motifs is 1. The Labute approximate surface area is 112 Å². The summed E-state index contributed by atoms with van der Waals surface area (Å²) in [7, 11) is 0. The molecule has 1 spiro atoms. The van der Waals surface area contributed by atoms with Gasteiger partial charge in [-0.1, -0.05) is 54.1 Å². The third-order valence-electron chi connectivity index (χ3n) is 4.17. The van der Waals surface area contributed by atoms with Gasteiger partial charge in [-0.3, -0.25) is 4.79 Å². The molecule has 0 amide bonds. The maximum atomic E-state index is 12.5. The van der Waals surface area contributed by atoms with Gasteiger partial charge < -0.3 is 4.74 Å². The van der Waals surface area contributed by atoms with Crippen LogP contribution < -0.4 is 0 Å². The molecule has 0 saturated carbocycles. The molecule has 1 aliphatic heterocycles. The molecular formula is C17H14O2. The number of ether oxygens (including phenoxy) is 1. The van der Waals surface area contributed by atoms with Gasteiger partial charge in [-0.15, -0.1) is 0 Å². The Morgan fingerprint density at radius 1 is 1.11 bits per heavy atom. The standard InChI is InChI=1S/C17H14O2/c1-11-6-8-12(9-7-11)16-17(19-16)10-13-4-2-3-5-14(13)15(17)18/h2-9,16H,10H2,1H3. The molecule has 0 aromatic heterocycles. The zero-order valence-corrected chi connectivity index (χ0v) is 10.7. The number of ketones is 1. The number of rotatable bonds is 1. The third kappa shape index (κ3) is 1.44. The molecule has 2 heteroatoms. The number of carbonyl (C=O) groups excluding carboxylic acids is 1. The summed E-state index contributed by atoms with van der Waals surface area (Å²) >= 11 is 0. The summed E-state index contributed by atoms with van der Waals surface area (Å²) in [5.41, 5.74) is 3.66. The molecule has 94 valence electrons. The topological polar surface area (TPSA) is 29.6 Å². The minimum absolute atomic E-state index is 0.0759. The Kier molecular flexibility index (Phi) is 2.04. The van der Waals surface area contributed by atoms with Crippen LogP contribution in [0.1, 0.15) is 33.2 Å². The van der Waals surface area contributed by atoms with Crippen molar-refractivity contribution in [2.24, 2.45) is 0 Å². The highest BCUT2D eigenvalue weighted by molar-refractivity contribution is 6.09. The lowest BCUT2D eigenvalue weighted by molar-refractivity contribution is 0.0894. The van der Waals surface area contributed by atoms with Crippen molar-refractivity contribution in [3.8, 4) is 0 Å². The quantitative estimate of drug-likeness (QED) is 0.727. The van der Waals surface area contributed by atoms with Gasteiger partial charge in [0.05, 0.1) is 0 Å². The summed E-state index contributed by atoms with van der Waals surface area (Å²) in [5, 5.41) is 0. The van der Waals surface area contributed by atoms with Crippen LogP contribution in [0.15, 0.2) is 48.5 Å². The van der Waals surface area contributed by atoms with Crippen molar-refractivity contribution >= 4 is 5.78 Å². The van der Waals surface area contributed by atoms with Crippen molar-refractivity contribution in [1.82, 2.24) is 0 Å². The molecule has 4 rings (SSSR count). The molecule has 0 bridgehead atoms. The van der Waals surface area contributed by atoms with E-state index in [-0.39, 0.29) is 11.9 Å². The zero-order chi connectivity index (χ0) is 13.0. The molecule has 2 nitrogen and oxygen atoms in total. The van der Waals surface area contributed by atoms with E-state index < -0.39 is 5.60 Å². The van der Waals surface area contributed by atoms with E-state index in [4.69, 9.17) is 4.74 Å². The lowest BCUT2D eigenvalue weighted by atomic mass is 9.95. The molecule has 0 radical (unpaired) electrons. The van der Waals surface area contributed by atoms with E-state index in [0.29, 0.717) is 6.42 Å². The Balaban J connectivity index is 1.70. The molecule has 2 aromatic rings. The maximum absolute atomic E-state index is 12.5. The van der Waals surface area contributed by atoms with Crippen LogP contribution in [0.2, 0.25) is 0 Å². The third-order valence-corrected chi connectivity index (χ3v) is 4.17. The van der Waals surface area contributed by atoms with E-state index in [1.807, 2.05) is 24.3 Å². The number of hydrogen-bond donors (Lipinski definition) is 0. The first-order valence-electron chi connectivity index (χ1n) is 6.58. The summed E-state index contributed by atoms with van der Waals surface area (Å²) in [6, 6.07) is 16.1. The van der Waals surface area contributed by atoms with E-state index in [0.717, 1.165) is 16.7 Å². The molecule has 1 aliphatic carbocycles. The van der Waals surface area contributed by atoms with Gasteiger partial charge in [0.2, 0.25) is 0 Å². The number of benzene rings is 2. The minimum Gasteiger partial charge on any atom is -0.352 e. The molecule has 2 unspecified atom stereocenters. The molecule has 1 saturated heterocycles. The van der Waals surface area contributed by atoms with Crippen LogP contribution in [0.4, 0.5) is 0 Å². The first-order chi connectivity index (χ1) is 9.21. The van der Waals surface area contributed by atoms with E-state index in [1.54, 1.807) is 0 Å². The highest BCUT2D eigenvalue weighted by atomic mass is 16.6. The average Bonchev–Trinajstić information content (AvgIpc) is 3.07. The van der Waals surface area contributed by atoms with Crippen molar-refractivity contribution in [3.05, 3.63) is 70.8 Å². The predicted molar refractivity (Wildman–Crippen MR) is 72.2 cm³/mol. The van der Waals surface area contributed by atoms with Crippen LogP contribution in [0.5, 0.6) is 0 Å². The molecular weight excluding hydrogens is 236 g/mol. The highest BCUT2D eigenvalue weighted by Gasteiger charge is 2.65. The number of Topliss-reactive ketones (excluding diaryl/α,β-unsaturated/α-hetero) is 1. The van der Waals surface area contributed by atoms with Crippen molar-refractivity contribution in [3.63, 3.8) is 0 Å². The van der Waals surface area contributed by atoms with Gasteiger partial charge in [-0.2, -0.15) is 0 Å². The first-order valence-corrected chi connectivity index (χ1v) is 6.58. The second kappa shape index (κ2) is 3.55. The number of hydrogen-bond acceptors (Lipinski definition) is 2. The largest absolute Gasteiger partial charge is 0.352 e. The van der Waals surface area contributed by atoms with E-state index in [9.17, 15) is 4.79 Å². The van der Waals surface area contributed by atoms with Crippen molar-refractivity contribution in [2.75, 3.05) is 0 Å². The van der Waals surface area contributed by atoms with Gasteiger partial charge in [0.1, 0.15) is 6.10 Å². The Morgan fingerprint density at radius 3 is 2.58 bits per heavy atom. The smallest absolute Gasteiger partial charge is 0.198 e. The van der Waals surface area contributed by atoms with Crippen molar-refractivity contribution in [2.45, 2.75) is 25.0 Å². The summed E-state index contributed by atoms with van der Waals surface area (Å²) in [6.45, 7) is 2.06. The van der Waals surface area contributed by atoms with E-state index in [2.05, 4.69) is 31.2 Å². The molecule has 2 atom stereocenters. The summed E-state index contributed by atoms with van der Waals surface area (Å²) in [6.07, 6.45) is 0.633. The normalized spacial score (nSPS) is 27.6. The lowest BCUT2D eigenvalue weighted by Gasteiger charge is -2.01. The van der Waals surface area contributed by atoms with Gasteiger partial charge in [0.25, 0.3) is 0 Å². The van der Waals surface area contributed by atoms with E-state index >= 15 is 0 Å². The van der Waals surface area contributed by atoms with Crippen LogP contribution in [0, 0.1) is 6.92 Å². The second-order valence-electron chi connectivity index (χ2n) is 5.46. The van der Waals surface area contributed by atoms with Crippen LogP contribution >= 0.6 is 0 Å². The highest BCUT2D eigenvalue weighted by Crippen LogP contribution is 2.56. The number of carbonyl (C=O) groups is 1. The fourth-order valence-corrected chi connectivity index (χ4v) is 3.05. The van der Waals surface area contributed by atoms with E-state index in [1.165, 1.54) is 5.56 Å². The van der Waals surface area contributed by atoms with Gasteiger partial charge in [0, 0.05) is 12.0 Å². The molecule has 2 aliphatic rings. The van der Waals surface area contributed by atoms with Gasteiger partial charge in [0.15, 0.2) is 11.4 Å². The SMILES string of the molecule is Cc1ccc(C2OC23Cc2ccccc2C3=O)cc1. The van der Waals surface area contributed by atoms with Gasteiger partial charge in [-0.25, -0.2) is 0 Å². The monoisotopic (exact) mass is 250 g/mol. The van der Waals surface area contributed by atoms with Crippen molar-refractivity contribution in [1.29, 1.82) is 0 Å². The fourth-order valence-electron chi connectivity index (χ4n) is 3.05. The Bertz CT molecular complexity index is 672. The molecule has 1 heterocycles.